The summed E-state index contributed by atoms with van der Waals surface area (Å²) in [5, 5.41) is 0. The summed E-state index contributed by atoms with van der Waals surface area (Å²) in [6, 6.07) is 3.78. The number of nitrogens with two attached hydrogens (primary N) is 1. The Labute approximate surface area is 107 Å². The number of nitrogens with zero attached hydrogens (tertiary/aromatic N) is 2. The van der Waals surface area contributed by atoms with E-state index >= 15 is 0 Å². The Balaban J connectivity index is 1.85. The highest BCUT2D eigenvalue weighted by molar-refractivity contribution is 5.66. The molecular formula is C14H19N3O. The summed E-state index contributed by atoms with van der Waals surface area (Å²) in [6.07, 6.45) is 8.85. The van der Waals surface area contributed by atoms with Crippen LogP contribution >= 0.6 is 0 Å². The van der Waals surface area contributed by atoms with Crippen LogP contribution in [0.25, 0.3) is 11.2 Å². The first-order valence-corrected chi connectivity index (χ1v) is 6.72. The van der Waals surface area contributed by atoms with Gasteiger partial charge in [-0.25, -0.2) is 4.98 Å². The normalized spacial score (nSPS) is 19.2. The zero-order chi connectivity index (χ0) is 12.4. The van der Waals surface area contributed by atoms with Crippen molar-refractivity contribution in [2.45, 2.75) is 38.5 Å². The van der Waals surface area contributed by atoms with Crippen LogP contribution in [-0.4, -0.2) is 16.5 Å². The van der Waals surface area contributed by atoms with Gasteiger partial charge in [-0.2, -0.15) is 4.98 Å². The molecule has 0 saturated heterocycles. The van der Waals surface area contributed by atoms with Crippen LogP contribution < -0.4 is 5.73 Å². The third-order valence-electron chi connectivity index (χ3n) is 4.08. The molecule has 96 valence electrons. The Hall–Kier alpha value is -1.42. The summed E-state index contributed by atoms with van der Waals surface area (Å²) in [5.41, 5.74) is 7.67. The van der Waals surface area contributed by atoms with Gasteiger partial charge in [0.1, 0.15) is 0 Å². The van der Waals surface area contributed by atoms with E-state index in [-0.39, 0.29) is 5.41 Å². The quantitative estimate of drug-likeness (QED) is 0.902. The van der Waals surface area contributed by atoms with Crippen molar-refractivity contribution >= 4 is 11.2 Å². The molecule has 0 radical (unpaired) electrons. The number of pyridine rings is 1. The lowest BCUT2D eigenvalue weighted by atomic mass is 9.72. The largest absolute Gasteiger partial charge is 0.439 e. The lowest BCUT2D eigenvalue weighted by molar-refractivity contribution is 0.184. The van der Waals surface area contributed by atoms with Crippen LogP contribution in [0.4, 0.5) is 0 Å². The second-order valence-corrected chi connectivity index (χ2v) is 5.37. The molecule has 0 atom stereocenters. The van der Waals surface area contributed by atoms with Crippen LogP contribution in [0.2, 0.25) is 0 Å². The molecule has 2 aromatic heterocycles. The number of oxazole rings is 1. The summed E-state index contributed by atoms with van der Waals surface area (Å²) < 4.78 is 5.77. The molecule has 2 heterocycles. The summed E-state index contributed by atoms with van der Waals surface area (Å²) in [4.78, 5) is 8.67. The van der Waals surface area contributed by atoms with Gasteiger partial charge in [-0.3, -0.25) is 0 Å². The van der Waals surface area contributed by atoms with Crippen molar-refractivity contribution in [2.75, 3.05) is 6.54 Å². The first-order valence-electron chi connectivity index (χ1n) is 6.72. The molecule has 1 aliphatic carbocycles. The lowest BCUT2D eigenvalue weighted by Gasteiger charge is -2.35. The minimum Gasteiger partial charge on any atom is -0.439 e. The van der Waals surface area contributed by atoms with Crippen LogP contribution in [0.3, 0.4) is 0 Å². The lowest BCUT2D eigenvalue weighted by Crippen LogP contribution is -2.35. The first kappa shape index (κ1) is 11.7. The van der Waals surface area contributed by atoms with Crippen molar-refractivity contribution in [3.05, 3.63) is 24.2 Å². The average Bonchev–Trinajstić information content (AvgIpc) is 2.81. The summed E-state index contributed by atoms with van der Waals surface area (Å²) in [5.74, 6) is 0.788. The maximum absolute atomic E-state index is 6.00. The Kier molecular flexibility index (Phi) is 3.04. The standard InChI is InChI=1S/C14H19N3O/c15-10-14(6-2-1-3-7-14)9-12-17-13-11(18-12)5-4-8-16-13/h4-5,8H,1-3,6-7,9-10,15H2. The SMILES string of the molecule is NCC1(Cc2nc3ncccc3o2)CCCCC1. The maximum atomic E-state index is 6.00. The minimum atomic E-state index is 0.194. The number of hydrogen-bond donors (Lipinski definition) is 1. The van der Waals surface area contributed by atoms with E-state index in [4.69, 9.17) is 10.2 Å². The van der Waals surface area contributed by atoms with E-state index in [9.17, 15) is 0 Å². The molecule has 4 nitrogen and oxygen atoms in total. The van der Waals surface area contributed by atoms with Crippen molar-refractivity contribution in [1.82, 2.24) is 9.97 Å². The molecule has 0 aliphatic heterocycles. The number of hydrogen-bond acceptors (Lipinski definition) is 4. The fourth-order valence-electron chi connectivity index (χ4n) is 2.96. The summed E-state index contributed by atoms with van der Waals surface area (Å²) >= 11 is 0. The molecule has 2 aromatic rings. The highest BCUT2D eigenvalue weighted by Crippen LogP contribution is 2.38. The predicted octanol–water partition coefficient (Wildman–Crippen LogP) is 2.67. The molecule has 0 amide bonds. The van der Waals surface area contributed by atoms with E-state index in [0.29, 0.717) is 5.65 Å². The predicted molar refractivity (Wildman–Crippen MR) is 70.1 cm³/mol. The van der Waals surface area contributed by atoms with Gasteiger partial charge in [0, 0.05) is 12.6 Å². The smallest absolute Gasteiger partial charge is 0.198 e. The molecule has 0 bridgehead atoms. The third-order valence-corrected chi connectivity index (χ3v) is 4.08. The number of fused-ring (bicyclic) bond motifs is 1. The van der Waals surface area contributed by atoms with E-state index in [0.717, 1.165) is 24.4 Å². The molecule has 18 heavy (non-hydrogen) atoms. The first-order chi connectivity index (χ1) is 8.81. The topological polar surface area (TPSA) is 64.9 Å². The minimum absolute atomic E-state index is 0.194. The highest BCUT2D eigenvalue weighted by Gasteiger charge is 2.32. The fourth-order valence-corrected chi connectivity index (χ4v) is 2.96. The van der Waals surface area contributed by atoms with Gasteiger partial charge in [0.05, 0.1) is 0 Å². The third kappa shape index (κ3) is 2.12. The Morgan fingerprint density at radius 3 is 2.83 bits per heavy atom. The number of aromatic nitrogens is 2. The molecular weight excluding hydrogens is 226 g/mol. The van der Waals surface area contributed by atoms with E-state index in [1.165, 1.54) is 32.1 Å². The molecule has 4 heteroatoms. The zero-order valence-corrected chi connectivity index (χ0v) is 10.6. The molecule has 0 unspecified atom stereocenters. The molecule has 0 spiro atoms. The average molecular weight is 245 g/mol. The second kappa shape index (κ2) is 4.69. The highest BCUT2D eigenvalue weighted by atomic mass is 16.3. The van der Waals surface area contributed by atoms with Crippen molar-refractivity contribution < 1.29 is 4.42 Å². The van der Waals surface area contributed by atoms with Gasteiger partial charge in [0.2, 0.25) is 0 Å². The molecule has 1 aliphatic rings. The summed E-state index contributed by atoms with van der Waals surface area (Å²) in [7, 11) is 0. The molecule has 0 aromatic carbocycles. The second-order valence-electron chi connectivity index (χ2n) is 5.37. The monoisotopic (exact) mass is 245 g/mol. The fraction of sp³-hybridized carbons (Fsp3) is 0.571. The van der Waals surface area contributed by atoms with Gasteiger partial charge >= 0.3 is 0 Å². The number of rotatable bonds is 3. The molecule has 1 saturated carbocycles. The van der Waals surface area contributed by atoms with Crippen molar-refractivity contribution in [1.29, 1.82) is 0 Å². The van der Waals surface area contributed by atoms with Gasteiger partial charge in [0.25, 0.3) is 0 Å². The van der Waals surface area contributed by atoms with E-state index in [1.54, 1.807) is 6.20 Å². The van der Waals surface area contributed by atoms with Crippen molar-refractivity contribution in [3.63, 3.8) is 0 Å². The molecule has 3 rings (SSSR count). The Morgan fingerprint density at radius 1 is 1.28 bits per heavy atom. The maximum Gasteiger partial charge on any atom is 0.198 e. The zero-order valence-electron chi connectivity index (χ0n) is 10.6. The Bertz CT molecular complexity index is 496. The van der Waals surface area contributed by atoms with Crippen LogP contribution in [0.1, 0.15) is 38.0 Å². The van der Waals surface area contributed by atoms with Gasteiger partial charge in [0.15, 0.2) is 17.1 Å². The van der Waals surface area contributed by atoms with Gasteiger partial charge in [-0.1, -0.05) is 19.3 Å². The Morgan fingerprint density at radius 2 is 2.11 bits per heavy atom. The van der Waals surface area contributed by atoms with Crippen LogP contribution in [0.5, 0.6) is 0 Å². The van der Waals surface area contributed by atoms with Crippen LogP contribution in [-0.2, 0) is 6.42 Å². The van der Waals surface area contributed by atoms with Gasteiger partial charge in [-0.05, 0) is 36.9 Å². The van der Waals surface area contributed by atoms with Gasteiger partial charge in [-0.15, -0.1) is 0 Å². The van der Waals surface area contributed by atoms with E-state index in [1.807, 2.05) is 12.1 Å². The van der Waals surface area contributed by atoms with E-state index in [2.05, 4.69) is 9.97 Å². The van der Waals surface area contributed by atoms with E-state index < -0.39 is 0 Å². The van der Waals surface area contributed by atoms with Crippen molar-refractivity contribution in [2.24, 2.45) is 11.1 Å². The molecule has 2 N–H and O–H groups in total. The van der Waals surface area contributed by atoms with Gasteiger partial charge < -0.3 is 10.2 Å². The molecule has 1 fully saturated rings. The van der Waals surface area contributed by atoms with Crippen molar-refractivity contribution in [3.8, 4) is 0 Å². The van der Waals surface area contributed by atoms with Crippen LogP contribution in [0.15, 0.2) is 22.7 Å². The summed E-state index contributed by atoms with van der Waals surface area (Å²) in [6.45, 7) is 0.721. The van der Waals surface area contributed by atoms with Crippen LogP contribution in [0, 0.1) is 5.41 Å².